The van der Waals surface area contributed by atoms with Gasteiger partial charge < -0.3 is 9.64 Å². The van der Waals surface area contributed by atoms with Crippen LogP contribution in [0.1, 0.15) is 66.2 Å². The van der Waals surface area contributed by atoms with Gasteiger partial charge in [-0.25, -0.2) is 0 Å². The summed E-state index contributed by atoms with van der Waals surface area (Å²) in [6, 6.07) is 0.263. The maximum atomic E-state index is 12.8. The van der Waals surface area contributed by atoms with Crippen LogP contribution in [0.15, 0.2) is 0 Å². The van der Waals surface area contributed by atoms with E-state index in [1.165, 1.54) is 25.7 Å². The molecule has 21 heavy (non-hydrogen) atoms. The number of hydrogen-bond acceptors (Lipinski definition) is 3. The van der Waals surface area contributed by atoms with Crippen molar-refractivity contribution < 1.29 is 14.3 Å². The largest absolute Gasteiger partial charge is 0.465 e. The van der Waals surface area contributed by atoms with E-state index in [1.54, 1.807) is 11.8 Å². The molecular weight excluding hydrogens is 266 g/mol. The number of ether oxygens (including phenoxy) is 1. The Morgan fingerprint density at radius 3 is 2.10 bits per heavy atom. The smallest absolute Gasteiger partial charge is 0.319 e. The Balaban J connectivity index is 2.85. The van der Waals surface area contributed by atoms with Gasteiger partial charge in [-0.15, -0.1) is 0 Å². The molecule has 0 aliphatic heterocycles. The summed E-state index contributed by atoms with van der Waals surface area (Å²) in [4.78, 5) is 26.9. The number of carbonyl (C=O) groups is 2. The molecule has 1 aliphatic rings. The second-order valence-corrected chi connectivity index (χ2v) is 7.15. The van der Waals surface area contributed by atoms with E-state index >= 15 is 0 Å². The van der Waals surface area contributed by atoms with Crippen molar-refractivity contribution in [2.75, 3.05) is 13.7 Å². The van der Waals surface area contributed by atoms with E-state index < -0.39 is 17.3 Å². The molecule has 0 N–H and O–H groups in total. The Hall–Kier alpha value is -1.06. The van der Waals surface area contributed by atoms with E-state index in [9.17, 15) is 9.59 Å². The summed E-state index contributed by atoms with van der Waals surface area (Å²) in [5, 5.41) is 0. The maximum Gasteiger partial charge on any atom is 0.319 e. The minimum absolute atomic E-state index is 0.0900. The molecule has 4 nitrogen and oxygen atoms in total. The van der Waals surface area contributed by atoms with Crippen LogP contribution < -0.4 is 0 Å². The summed E-state index contributed by atoms with van der Waals surface area (Å²) >= 11 is 0. The molecule has 0 bridgehead atoms. The van der Waals surface area contributed by atoms with Gasteiger partial charge >= 0.3 is 5.97 Å². The van der Waals surface area contributed by atoms with Gasteiger partial charge in [0.05, 0.1) is 6.61 Å². The first-order valence-corrected chi connectivity index (χ1v) is 8.22. The number of nitrogens with zero attached hydrogens (tertiary/aromatic N) is 1. The molecule has 0 saturated heterocycles. The molecule has 0 radical (unpaired) electrons. The van der Waals surface area contributed by atoms with Crippen molar-refractivity contribution >= 4 is 11.9 Å². The van der Waals surface area contributed by atoms with Crippen molar-refractivity contribution in [3.8, 4) is 0 Å². The van der Waals surface area contributed by atoms with E-state index in [0.29, 0.717) is 6.61 Å². The number of carbonyl (C=O) groups excluding carboxylic acids is 2. The average molecular weight is 297 g/mol. The summed E-state index contributed by atoms with van der Waals surface area (Å²) in [5.74, 6) is -1.20. The van der Waals surface area contributed by atoms with Gasteiger partial charge in [0.1, 0.15) is 5.92 Å². The van der Waals surface area contributed by atoms with Crippen molar-refractivity contribution in [2.24, 2.45) is 11.3 Å². The summed E-state index contributed by atoms with van der Waals surface area (Å²) in [7, 11) is 1.84. The van der Waals surface area contributed by atoms with Crippen LogP contribution in [0.25, 0.3) is 0 Å². The molecule has 1 fully saturated rings. The van der Waals surface area contributed by atoms with E-state index in [4.69, 9.17) is 4.74 Å². The molecule has 0 aromatic rings. The highest BCUT2D eigenvalue weighted by molar-refractivity contribution is 5.98. The predicted molar refractivity (Wildman–Crippen MR) is 83.8 cm³/mol. The van der Waals surface area contributed by atoms with E-state index in [-0.39, 0.29) is 11.9 Å². The number of hydrogen-bond donors (Lipinski definition) is 0. The van der Waals surface area contributed by atoms with Crippen molar-refractivity contribution in [1.29, 1.82) is 0 Å². The SMILES string of the molecule is CCOC(=O)C(C(=O)N(C)C1CCCCCC1)C(C)(C)C. The molecule has 0 aromatic heterocycles. The Morgan fingerprint density at radius 2 is 1.67 bits per heavy atom. The van der Waals surface area contributed by atoms with Gasteiger partial charge in [-0.1, -0.05) is 46.5 Å². The number of esters is 1. The Kier molecular flexibility index (Phi) is 6.69. The van der Waals surface area contributed by atoms with Gasteiger partial charge in [-0.3, -0.25) is 9.59 Å². The third kappa shape index (κ3) is 5.01. The molecule has 1 saturated carbocycles. The highest BCUT2D eigenvalue weighted by atomic mass is 16.5. The summed E-state index contributed by atoms with van der Waals surface area (Å²) in [6.45, 7) is 7.86. The zero-order valence-corrected chi connectivity index (χ0v) is 14.3. The molecule has 122 valence electrons. The molecule has 4 heteroatoms. The lowest BCUT2D eigenvalue weighted by molar-refractivity contribution is -0.161. The maximum absolute atomic E-state index is 12.8. The molecule has 1 amide bonds. The van der Waals surface area contributed by atoms with Gasteiger partial charge in [0.25, 0.3) is 0 Å². The number of rotatable bonds is 4. The normalized spacial score (nSPS) is 18.7. The monoisotopic (exact) mass is 297 g/mol. The van der Waals surface area contributed by atoms with Crippen LogP contribution in [-0.4, -0.2) is 36.5 Å². The highest BCUT2D eigenvalue weighted by Crippen LogP contribution is 2.31. The van der Waals surface area contributed by atoms with Crippen LogP contribution in [0.5, 0.6) is 0 Å². The minimum atomic E-state index is -0.717. The standard InChI is InChI=1S/C17H31NO3/c1-6-21-16(20)14(17(2,3)4)15(19)18(5)13-11-9-7-8-10-12-13/h13-14H,6-12H2,1-5H3. The fourth-order valence-electron chi connectivity index (χ4n) is 3.08. The molecule has 0 heterocycles. The zero-order chi connectivity index (χ0) is 16.0. The van der Waals surface area contributed by atoms with Gasteiger partial charge in [-0.2, -0.15) is 0 Å². The second kappa shape index (κ2) is 7.81. The molecule has 1 unspecified atom stereocenters. The van der Waals surface area contributed by atoms with Crippen LogP contribution in [0.4, 0.5) is 0 Å². The molecule has 1 atom stereocenters. The van der Waals surface area contributed by atoms with Crippen LogP contribution >= 0.6 is 0 Å². The van der Waals surface area contributed by atoms with Gasteiger partial charge in [0.15, 0.2) is 0 Å². The van der Waals surface area contributed by atoms with Gasteiger partial charge in [0.2, 0.25) is 5.91 Å². The fourth-order valence-corrected chi connectivity index (χ4v) is 3.08. The molecule has 0 spiro atoms. The molecule has 1 rings (SSSR count). The summed E-state index contributed by atoms with van der Waals surface area (Å²) in [5.41, 5.74) is -0.428. The molecule has 0 aromatic carbocycles. The summed E-state index contributed by atoms with van der Waals surface area (Å²) in [6.07, 6.45) is 6.92. The van der Waals surface area contributed by atoms with Crippen molar-refractivity contribution in [3.05, 3.63) is 0 Å². The highest BCUT2D eigenvalue weighted by Gasteiger charge is 2.41. The lowest BCUT2D eigenvalue weighted by Crippen LogP contribution is -2.48. The summed E-state index contributed by atoms with van der Waals surface area (Å²) < 4.78 is 5.13. The lowest BCUT2D eigenvalue weighted by atomic mass is 9.79. The Morgan fingerprint density at radius 1 is 1.14 bits per heavy atom. The Bertz CT molecular complexity index is 352. The van der Waals surface area contributed by atoms with Crippen molar-refractivity contribution in [2.45, 2.75) is 72.3 Å². The van der Waals surface area contributed by atoms with E-state index in [2.05, 4.69) is 0 Å². The van der Waals surface area contributed by atoms with Gasteiger partial charge in [0, 0.05) is 13.1 Å². The molecular formula is C17H31NO3. The fraction of sp³-hybridized carbons (Fsp3) is 0.882. The minimum Gasteiger partial charge on any atom is -0.465 e. The first-order valence-electron chi connectivity index (χ1n) is 8.22. The van der Waals surface area contributed by atoms with Crippen LogP contribution in [0.3, 0.4) is 0 Å². The van der Waals surface area contributed by atoms with Crippen molar-refractivity contribution in [3.63, 3.8) is 0 Å². The zero-order valence-electron chi connectivity index (χ0n) is 14.3. The first-order chi connectivity index (χ1) is 9.79. The lowest BCUT2D eigenvalue weighted by Gasteiger charge is -2.35. The predicted octanol–water partition coefficient (Wildman–Crippen LogP) is 3.39. The second-order valence-electron chi connectivity index (χ2n) is 7.15. The number of amides is 1. The van der Waals surface area contributed by atoms with E-state index in [0.717, 1.165) is 12.8 Å². The van der Waals surface area contributed by atoms with Crippen LogP contribution in [0.2, 0.25) is 0 Å². The average Bonchev–Trinajstić information content (AvgIpc) is 2.65. The quantitative estimate of drug-likeness (QED) is 0.454. The first kappa shape index (κ1) is 18.0. The third-order valence-electron chi connectivity index (χ3n) is 4.36. The molecule has 1 aliphatic carbocycles. The van der Waals surface area contributed by atoms with Gasteiger partial charge in [-0.05, 0) is 25.2 Å². The Labute approximate surface area is 129 Å². The topological polar surface area (TPSA) is 46.6 Å². The van der Waals surface area contributed by atoms with Crippen LogP contribution in [0, 0.1) is 11.3 Å². The van der Waals surface area contributed by atoms with E-state index in [1.807, 2.05) is 27.8 Å². The van der Waals surface area contributed by atoms with Crippen molar-refractivity contribution in [1.82, 2.24) is 4.90 Å². The third-order valence-corrected chi connectivity index (χ3v) is 4.36. The van der Waals surface area contributed by atoms with Crippen LogP contribution in [-0.2, 0) is 14.3 Å².